The summed E-state index contributed by atoms with van der Waals surface area (Å²) >= 11 is 0. The number of nitrogens with one attached hydrogen (secondary N) is 2. The van der Waals surface area contributed by atoms with Gasteiger partial charge in [-0.1, -0.05) is 32.0 Å². The topological polar surface area (TPSA) is 101 Å². The molecule has 0 bridgehead atoms. The number of anilines is 1. The molecular weight excluding hydrogens is 358 g/mol. The Bertz CT molecular complexity index is 1170. The van der Waals surface area contributed by atoms with Gasteiger partial charge in [0.15, 0.2) is 5.78 Å². The molecule has 1 amide bonds. The van der Waals surface area contributed by atoms with Crippen LogP contribution < -0.4 is 15.6 Å². The molecule has 1 atom stereocenters. The van der Waals surface area contributed by atoms with Crippen molar-refractivity contribution in [3.63, 3.8) is 0 Å². The summed E-state index contributed by atoms with van der Waals surface area (Å²) in [5.41, 5.74) is -0.809. The van der Waals surface area contributed by atoms with Crippen LogP contribution in [0.2, 0.25) is 0 Å². The second kappa shape index (κ2) is 5.19. The maximum atomic E-state index is 13.4. The number of ketones is 1. The third-order valence-corrected chi connectivity index (χ3v) is 5.73. The molecule has 1 aliphatic carbocycles. The van der Waals surface area contributed by atoms with Gasteiger partial charge in [-0.05, 0) is 18.4 Å². The number of aromatic nitrogens is 2. The molecule has 1 spiro atoms. The molecular formula is C21H19N3O4. The number of aryl methyl sites for hydroxylation is 1. The van der Waals surface area contributed by atoms with Crippen LogP contribution in [0.15, 0.2) is 40.4 Å². The fourth-order valence-corrected chi connectivity index (χ4v) is 4.73. The van der Waals surface area contributed by atoms with E-state index in [-0.39, 0.29) is 34.6 Å². The Morgan fingerprint density at radius 2 is 1.86 bits per heavy atom. The number of nitrogens with zero attached hydrogens (tertiary/aromatic N) is 1. The number of Topliss-reactive ketones (excluding diaryl/α,β-unsaturated/α-hetero) is 1. The summed E-state index contributed by atoms with van der Waals surface area (Å²) in [4.78, 5) is 46.8. The molecule has 5 rings (SSSR count). The van der Waals surface area contributed by atoms with Crippen molar-refractivity contribution in [3.05, 3.63) is 62.9 Å². The smallest absolute Gasteiger partial charge is 0.259 e. The fraction of sp³-hybridized carbons (Fsp3) is 0.333. The molecule has 0 saturated heterocycles. The second-order valence-electron chi connectivity index (χ2n) is 8.42. The molecule has 0 fully saturated rings. The average molecular weight is 377 g/mol. The van der Waals surface area contributed by atoms with Crippen molar-refractivity contribution < 1.29 is 14.3 Å². The number of carbonyl (C=O) groups excluding carboxylic acids is 2. The maximum Gasteiger partial charge on any atom is 0.259 e. The summed E-state index contributed by atoms with van der Waals surface area (Å²) < 4.78 is 6.00. The minimum Gasteiger partial charge on any atom is -0.442 e. The molecule has 1 aromatic carbocycles. The van der Waals surface area contributed by atoms with Crippen LogP contribution in [-0.2, 0) is 15.0 Å². The van der Waals surface area contributed by atoms with E-state index in [0.29, 0.717) is 29.3 Å². The third kappa shape index (κ3) is 1.99. The molecule has 28 heavy (non-hydrogen) atoms. The van der Waals surface area contributed by atoms with E-state index in [9.17, 15) is 14.4 Å². The maximum absolute atomic E-state index is 13.4. The SMILES string of the molecule is Cc1nc2c(c(=O)[nH]1)C1(C(=O)Nc3ccccc31)C1=C(CC(C)(C)CC1=O)O2. The van der Waals surface area contributed by atoms with Crippen LogP contribution in [0, 0.1) is 12.3 Å². The van der Waals surface area contributed by atoms with Crippen LogP contribution >= 0.6 is 0 Å². The molecule has 142 valence electrons. The lowest BCUT2D eigenvalue weighted by atomic mass is 9.62. The highest BCUT2D eigenvalue weighted by molar-refractivity contribution is 6.18. The van der Waals surface area contributed by atoms with Gasteiger partial charge in [-0.3, -0.25) is 14.4 Å². The van der Waals surface area contributed by atoms with Gasteiger partial charge in [-0.2, -0.15) is 4.98 Å². The molecule has 0 saturated carbocycles. The first-order valence-electron chi connectivity index (χ1n) is 9.21. The Kier molecular flexibility index (Phi) is 3.13. The van der Waals surface area contributed by atoms with Crippen molar-refractivity contribution in [2.24, 2.45) is 5.41 Å². The van der Waals surface area contributed by atoms with E-state index in [1.807, 2.05) is 13.8 Å². The van der Waals surface area contributed by atoms with Gasteiger partial charge in [0, 0.05) is 24.1 Å². The van der Waals surface area contributed by atoms with E-state index in [1.54, 1.807) is 31.2 Å². The summed E-state index contributed by atoms with van der Waals surface area (Å²) in [6, 6.07) is 7.14. The summed E-state index contributed by atoms with van der Waals surface area (Å²) in [7, 11) is 0. The van der Waals surface area contributed by atoms with Gasteiger partial charge in [-0.25, -0.2) is 0 Å². The zero-order chi connectivity index (χ0) is 19.8. The first-order chi connectivity index (χ1) is 13.2. The number of carbonyl (C=O) groups is 2. The Hall–Kier alpha value is -3.22. The third-order valence-electron chi connectivity index (χ3n) is 5.73. The summed E-state index contributed by atoms with van der Waals surface area (Å²) in [6.07, 6.45) is 0.761. The average Bonchev–Trinajstić information content (AvgIpc) is 2.85. The van der Waals surface area contributed by atoms with E-state index in [4.69, 9.17) is 4.74 Å². The summed E-state index contributed by atoms with van der Waals surface area (Å²) in [5, 5.41) is 2.85. The number of hydrogen-bond donors (Lipinski definition) is 2. The molecule has 3 aliphatic rings. The molecule has 7 heteroatoms. The Morgan fingerprint density at radius 1 is 1.11 bits per heavy atom. The molecule has 2 aromatic rings. The minimum absolute atomic E-state index is 0.0763. The molecule has 1 unspecified atom stereocenters. The number of ether oxygens (including phenoxy) is 1. The lowest BCUT2D eigenvalue weighted by Crippen LogP contribution is -2.50. The number of amides is 1. The zero-order valence-corrected chi connectivity index (χ0v) is 15.8. The van der Waals surface area contributed by atoms with E-state index in [0.717, 1.165) is 0 Å². The quantitative estimate of drug-likeness (QED) is 0.734. The predicted molar refractivity (Wildman–Crippen MR) is 101 cm³/mol. The molecule has 2 aliphatic heterocycles. The largest absolute Gasteiger partial charge is 0.442 e. The number of fused-ring (bicyclic) bond motifs is 5. The first-order valence-corrected chi connectivity index (χ1v) is 9.21. The van der Waals surface area contributed by atoms with Crippen LogP contribution in [0.4, 0.5) is 5.69 Å². The van der Waals surface area contributed by atoms with E-state index < -0.39 is 16.9 Å². The van der Waals surface area contributed by atoms with Gasteiger partial charge >= 0.3 is 0 Å². The lowest BCUT2D eigenvalue weighted by Gasteiger charge is -2.41. The van der Waals surface area contributed by atoms with Gasteiger partial charge in [0.2, 0.25) is 11.8 Å². The van der Waals surface area contributed by atoms with Gasteiger partial charge < -0.3 is 15.0 Å². The molecule has 2 N–H and O–H groups in total. The Labute approximate surface area is 160 Å². The monoisotopic (exact) mass is 377 g/mol. The van der Waals surface area contributed by atoms with Crippen molar-refractivity contribution in [1.29, 1.82) is 0 Å². The van der Waals surface area contributed by atoms with Crippen molar-refractivity contribution in [1.82, 2.24) is 9.97 Å². The standard InChI is InChI=1S/C21H19N3O4/c1-10-22-17(26)16-18(23-10)28-14-9-20(2,3)8-13(25)15(14)21(16)11-6-4-5-7-12(11)24-19(21)27/h4-7H,8-9H2,1-3H3,(H,24,27)(H,22,23,26). The van der Waals surface area contributed by atoms with Crippen LogP contribution in [-0.4, -0.2) is 21.7 Å². The minimum atomic E-state index is -1.54. The van der Waals surface area contributed by atoms with Gasteiger partial charge in [0.1, 0.15) is 22.6 Å². The molecule has 3 heterocycles. The van der Waals surface area contributed by atoms with Crippen LogP contribution in [0.25, 0.3) is 0 Å². The van der Waals surface area contributed by atoms with E-state index in [2.05, 4.69) is 15.3 Å². The van der Waals surface area contributed by atoms with Crippen molar-refractivity contribution >= 4 is 17.4 Å². The summed E-state index contributed by atoms with van der Waals surface area (Å²) in [5.74, 6) is 0.310. The fourth-order valence-electron chi connectivity index (χ4n) is 4.73. The normalized spacial score (nSPS) is 24.4. The number of allylic oxidation sites excluding steroid dienone is 1. The van der Waals surface area contributed by atoms with Crippen molar-refractivity contribution in [3.8, 4) is 5.88 Å². The van der Waals surface area contributed by atoms with E-state index >= 15 is 0 Å². The molecule has 1 aromatic heterocycles. The zero-order valence-electron chi connectivity index (χ0n) is 15.8. The number of benzene rings is 1. The highest BCUT2D eigenvalue weighted by atomic mass is 16.5. The van der Waals surface area contributed by atoms with E-state index in [1.165, 1.54) is 0 Å². The van der Waals surface area contributed by atoms with Crippen LogP contribution in [0.5, 0.6) is 5.88 Å². The molecule has 0 radical (unpaired) electrons. The van der Waals surface area contributed by atoms with Gasteiger partial charge in [-0.15, -0.1) is 0 Å². The van der Waals surface area contributed by atoms with Crippen molar-refractivity contribution in [2.75, 3.05) is 5.32 Å². The molecule has 7 nitrogen and oxygen atoms in total. The first kappa shape index (κ1) is 16.9. The summed E-state index contributed by atoms with van der Waals surface area (Å²) in [6.45, 7) is 5.62. The Morgan fingerprint density at radius 3 is 2.64 bits per heavy atom. The highest BCUT2D eigenvalue weighted by Crippen LogP contribution is 2.55. The van der Waals surface area contributed by atoms with Gasteiger partial charge in [0.25, 0.3) is 5.56 Å². The van der Waals surface area contributed by atoms with Gasteiger partial charge in [0.05, 0.1) is 5.57 Å². The Balaban J connectivity index is 1.94. The second-order valence-corrected chi connectivity index (χ2v) is 8.42. The highest BCUT2D eigenvalue weighted by Gasteiger charge is 2.61. The van der Waals surface area contributed by atoms with Crippen LogP contribution in [0.3, 0.4) is 0 Å². The number of H-pyrrole nitrogens is 1. The van der Waals surface area contributed by atoms with Crippen LogP contribution in [0.1, 0.15) is 43.6 Å². The predicted octanol–water partition coefficient (Wildman–Crippen LogP) is 2.35. The number of aromatic amines is 1. The number of rotatable bonds is 0. The number of para-hydroxylation sites is 1. The lowest BCUT2D eigenvalue weighted by molar-refractivity contribution is -0.124. The number of hydrogen-bond acceptors (Lipinski definition) is 5. The van der Waals surface area contributed by atoms with Crippen molar-refractivity contribution in [2.45, 2.75) is 39.0 Å².